The van der Waals surface area contributed by atoms with E-state index in [1.54, 1.807) is 18.6 Å². The minimum atomic E-state index is -0.192. The summed E-state index contributed by atoms with van der Waals surface area (Å²) in [7, 11) is 0. The molecule has 2 aromatic rings. The topological polar surface area (TPSA) is 54.8 Å². The summed E-state index contributed by atoms with van der Waals surface area (Å²) in [5.74, 6) is 1.77. The Bertz CT molecular complexity index is 571. The zero-order valence-corrected chi connectivity index (χ0v) is 11.2. The van der Waals surface area contributed by atoms with Crippen molar-refractivity contribution in [2.75, 3.05) is 11.4 Å². The lowest BCUT2D eigenvalue weighted by Gasteiger charge is -2.34. The molecule has 0 spiro atoms. The Morgan fingerprint density at radius 1 is 1.21 bits per heavy atom. The molecule has 2 aromatic heterocycles. The van der Waals surface area contributed by atoms with Crippen LogP contribution < -0.4 is 4.90 Å². The molecule has 0 N–H and O–H groups in total. The molecule has 19 heavy (non-hydrogen) atoms. The first-order valence-electron chi connectivity index (χ1n) is 6.54. The number of aryl methyl sites for hydroxylation is 1. The summed E-state index contributed by atoms with van der Waals surface area (Å²) in [4.78, 5) is 19.9. The van der Waals surface area contributed by atoms with Gasteiger partial charge in [-0.3, -0.25) is 4.98 Å². The van der Waals surface area contributed by atoms with Gasteiger partial charge in [0, 0.05) is 30.8 Å². The molecule has 3 rings (SSSR count). The van der Waals surface area contributed by atoms with Gasteiger partial charge in [-0.2, -0.15) is 0 Å². The lowest BCUT2D eigenvalue weighted by Crippen LogP contribution is -2.40. The van der Waals surface area contributed by atoms with Crippen LogP contribution in [0, 0.1) is 6.92 Å². The molecule has 98 valence electrons. The number of hydrogen-bond acceptors (Lipinski definition) is 5. The van der Waals surface area contributed by atoms with E-state index >= 15 is 0 Å². The van der Waals surface area contributed by atoms with Crippen molar-refractivity contribution in [2.24, 2.45) is 0 Å². The van der Waals surface area contributed by atoms with Crippen molar-refractivity contribution in [1.82, 2.24) is 19.9 Å². The summed E-state index contributed by atoms with van der Waals surface area (Å²) in [6.07, 6.45) is 9.21. The van der Waals surface area contributed by atoms with E-state index in [0.29, 0.717) is 0 Å². The third-order valence-electron chi connectivity index (χ3n) is 3.74. The fourth-order valence-electron chi connectivity index (χ4n) is 2.70. The van der Waals surface area contributed by atoms with E-state index in [4.69, 9.17) is 0 Å². The predicted molar refractivity (Wildman–Crippen MR) is 72.7 cm³/mol. The number of anilines is 1. The summed E-state index contributed by atoms with van der Waals surface area (Å²) < 4.78 is 0. The van der Waals surface area contributed by atoms with Crippen LogP contribution in [0.15, 0.2) is 30.9 Å². The van der Waals surface area contributed by atoms with Gasteiger partial charge in [0.05, 0.1) is 11.7 Å². The quantitative estimate of drug-likeness (QED) is 0.822. The highest BCUT2D eigenvalue weighted by atomic mass is 15.3. The highest BCUT2D eigenvalue weighted by Crippen LogP contribution is 2.38. The minimum absolute atomic E-state index is 0.192. The van der Waals surface area contributed by atoms with E-state index in [9.17, 15) is 0 Å². The molecule has 0 aromatic carbocycles. The minimum Gasteiger partial charge on any atom is -0.343 e. The van der Waals surface area contributed by atoms with Crippen LogP contribution in [-0.2, 0) is 5.54 Å². The van der Waals surface area contributed by atoms with Crippen LogP contribution in [0.25, 0.3) is 0 Å². The Morgan fingerprint density at radius 2 is 2.11 bits per heavy atom. The van der Waals surface area contributed by atoms with Gasteiger partial charge >= 0.3 is 0 Å². The number of aromatic nitrogens is 4. The monoisotopic (exact) mass is 255 g/mol. The Morgan fingerprint density at radius 3 is 2.84 bits per heavy atom. The van der Waals surface area contributed by atoms with Gasteiger partial charge in [0.25, 0.3) is 0 Å². The third-order valence-corrected chi connectivity index (χ3v) is 3.74. The lowest BCUT2D eigenvalue weighted by molar-refractivity contribution is 0.456. The molecule has 0 amide bonds. The number of hydrogen-bond donors (Lipinski definition) is 0. The van der Waals surface area contributed by atoms with Crippen molar-refractivity contribution in [2.45, 2.75) is 32.2 Å². The van der Waals surface area contributed by atoms with E-state index in [1.165, 1.54) is 0 Å². The zero-order chi connectivity index (χ0) is 13.3. The zero-order valence-electron chi connectivity index (χ0n) is 11.2. The molecule has 1 aliphatic rings. The molecule has 0 saturated carbocycles. The highest BCUT2D eigenvalue weighted by molar-refractivity contribution is 5.43. The van der Waals surface area contributed by atoms with Crippen LogP contribution in [0.2, 0.25) is 0 Å². The molecule has 0 aliphatic carbocycles. The number of nitrogens with zero attached hydrogens (tertiary/aromatic N) is 5. The smallest absolute Gasteiger partial charge is 0.153 e. The maximum Gasteiger partial charge on any atom is 0.153 e. The fourth-order valence-corrected chi connectivity index (χ4v) is 2.70. The van der Waals surface area contributed by atoms with Gasteiger partial charge in [-0.15, -0.1) is 0 Å². The summed E-state index contributed by atoms with van der Waals surface area (Å²) in [5, 5.41) is 0. The maximum atomic E-state index is 4.60. The van der Waals surface area contributed by atoms with Crippen molar-refractivity contribution in [1.29, 1.82) is 0 Å². The second-order valence-corrected chi connectivity index (χ2v) is 5.11. The van der Waals surface area contributed by atoms with Crippen LogP contribution >= 0.6 is 0 Å². The van der Waals surface area contributed by atoms with Crippen molar-refractivity contribution >= 4 is 5.82 Å². The third kappa shape index (κ3) is 2.05. The first-order valence-corrected chi connectivity index (χ1v) is 6.54. The van der Waals surface area contributed by atoms with Crippen LogP contribution in [0.3, 0.4) is 0 Å². The Kier molecular flexibility index (Phi) is 2.89. The standard InChI is InChI=1S/C14H17N5/c1-11-4-6-17-13(18-11)14(2)5-3-9-19(14)12-10-15-7-8-16-12/h4,6-8,10H,3,5,9H2,1-2H3. The second-order valence-electron chi connectivity index (χ2n) is 5.11. The average Bonchev–Trinajstić information content (AvgIpc) is 2.83. The normalized spacial score (nSPS) is 22.7. The SMILES string of the molecule is Cc1ccnc(C2(C)CCCN2c2cnccn2)n1. The predicted octanol–water partition coefficient (Wildman–Crippen LogP) is 2.09. The van der Waals surface area contributed by atoms with Gasteiger partial charge in [-0.1, -0.05) is 0 Å². The molecular formula is C14H17N5. The van der Waals surface area contributed by atoms with Gasteiger partial charge in [0.15, 0.2) is 5.82 Å². The Hall–Kier alpha value is -2.04. The average molecular weight is 255 g/mol. The molecule has 1 fully saturated rings. The molecule has 5 heteroatoms. The van der Waals surface area contributed by atoms with Crippen LogP contribution in [-0.4, -0.2) is 26.5 Å². The molecule has 1 unspecified atom stereocenters. The van der Waals surface area contributed by atoms with Crippen LogP contribution in [0.4, 0.5) is 5.82 Å². The van der Waals surface area contributed by atoms with Crippen molar-refractivity contribution in [3.05, 3.63) is 42.4 Å². The highest BCUT2D eigenvalue weighted by Gasteiger charge is 2.41. The molecule has 1 aliphatic heterocycles. The number of rotatable bonds is 2. The molecular weight excluding hydrogens is 238 g/mol. The molecule has 0 bridgehead atoms. The van der Waals surface area contributed by atoms with Crippen molar-refractivity contribution in [3.8, 4) is 0 Å². The van der Waals surface area contributed by atoms with E-state index in [1.807, 2.05) is 19.2 Å². The molecule has 0 radical (unpaired) electrons. The largest absolute Gasteiger partial charge is 0.343 e. The van der Waals surface area contributed by atoms with Crippen molar-refractivity contribution in [3.63, 3.8) is 0 Å². The van der Waals surface area contributed by atoms with Gasteiger partial charge in [-0.05, 0) is 32.8 Å². The van der Waals surface area contributed by atoms with Gasteiger partial charge in [0.2, 0.25) is 0 Å². The molecule has 5 nitrogen and oxygen atoms in total. The van der Waals surface area contributed by atoms with Gasteiger partial charge in [0.1, 0.15) is 5.82 Å². The van der Waals surface area contributed by atoms with Crippen LogP contribution in [0.1, 0.15) is 31.3 Å². The van der Waals surface area contributed by atoms with Crippen LogP contribution in [0.5, 0.6) is 0 Å². The second kappa shape index (κ2) is 4.57. The first-order chi connectivity index (χ1) is 9.20. The molecule has 1 saturated heterocycles. The van der Waals surface area contributed by atoms with Gasteiger partial charge < -0.3 is 4.90 Å². The van der Waals surface area contributed by atoms with Gasteiger partial charge in [-0.25, -0.2) is 15.0 Å². The van der Waals surface area contributed by atoms with E-state index in [2.05, 4.69) is 31.8 Å². The summed E-state index contributed by atoms with van der Waals surface area (Å²) >= 11 is 0. The Balaban J connectivity index is 2.02. The van der Waals surface area contributed by atoms with E-state index in [-0.39, 0.29) is 5.54 Å². The molecule has 1 atom stereocenters. The lowest BCUT2D eigenvalue weighted by atomic mass is 9.97. The van der Waals surface area contributed by atoms with Crippen molar-refractivity contribution < 1.29 is 0 Å². The maximum absolute atomic E-state index is 4.60. The Labute approximate surface area is 112 Å². The summed E-state index contributed by atoms with van der Waals surface area (Å²) in [5.41, 5.74) is 0.805. The fraction of sp³-hybridized carbons (Fsp3) is 0.429. The van der Waals surface area contributed by atoms with E-state index < -0.39 is 0 Å². The first kappa shape index (κ1) is 12.0. The molecule has 3 heterocycles. The van der Waals surface area contributed by atoms with E-state index in [0.717, 1.165) is 36.7 Å². The summed E-state index contributed by atoms with van der Waals surface area (Å²) in [6.45, 7) is 5.14. The summed E-state index contributed by atoms with van der Waals surface area (Å²) in [6, 6.07) is 1.93.